The van der Waals surface area contributed by atoms with E-state index < -0.39 is 0 Å². The van der Waals surface area contributed by atoms with Crippen LogP contribution in [0, 0.1) is 0 Å². The van der Waals surface area contributed by atoms with Gasteiger partial charge in [0.25, 0.3) is 0 Å². The van der Waals surface area contributed by atoms with Crippen molar-refractivity contribution in [1.82, 2.24) is 0 Å². The molecule has 0 aliphatic carbocycles. The largest absolute Gasteiger partial charge is 0.497 e. The summed E-state index contributed by atoms with van der Waals surface area (Å²) >= 11 is 9.53. The maximum Gasteiger partial charge on any atom is 0.216 e. The molecule has 1 aliphatic rings. The van der Waals surface area contributed by atoms with Crippen molar-refractivity contribution in [2.45, 2.75) is 6.61 Å². The van der Waals surface area contributed by atoms with Gasteiger partial charge in [-0.1, -0.05) is 45.7 Å². The molecule has 0 atom stereocenters. The van der Waals surface area contributed by atoms with Crippen LogP contribution in [0.3, 0.4) is 0 Å². The van der Waals surface area contributed by atoms with E-state index >= 15 is 0 Å². The molecule has 0 amide bonds. The van der Waals surface area contributed by atoms with E-state index in [1.807, 2.05) is 30.3 Å². The second kappa shape index (κ2) is 6.46. The number of benzene rings is 1. The number of hydrogen-bond donors (Lipinski definition) is 0. The van der Waals surface area contributed by atoms with Crippen molar-refractivity contribution in [2.24, 2.45) is 0 Å². The van der Waals surface area contributed by atoms with Crippen LogP contribution in [0.2, 0.25) is 0 Å². The quantitative estimate of drug-likeness (QED) is 0.772. The Balaban J connectivity index is 1.83. The lowest BCUT2D eigenvalue weighted by atomic mass is 9.81. The number of rotatable bonds is 5. The second-order valence-corrected chi connectivity index (χ2v) is 5.51. The molecule has 5 heteroatoms. The van der Waals surface area contributed by atoms with Crippen molar-refractivity contribution in [3.05, 3.63) is 50.8 Å². The van der Waals surface area contributed by atoms with Crippen LogP contribution >= 0.6 is 27.5 Å². The van der Waals surface area contributed by atoms with Crippen LogP contribution in [0.4, 0.5) is 0 Å². The Morgan fingerprint density at radius 1 is 1.22 bits per heavy atom. The van der Waals surface area contributed by atoms with Crippen LogP contribution in [0.5, 0.6) is 5.75 Å². The third-order valence-corrected chi connectivity index (χ3v) is 3.57. The summed E-state index contributed by atoms with van der Waals surface area (Å²) in [4.78, 5) is 0.858. The molecule has 0 aromatic heterocycles. The molecule has 1 aliphatic heterocycles. The smallest absolute Gasteiger partial charge is 0.216 e. The van der Waals surface area contributed by atoms with E-state index in [1.165, 1.54) is 0 Å². The van der Waals surface area contributed by atoms with Crippen molar-refractivity contribution < 1.29 is 9.47 Å². The fraction of sp³-hybridized carbons (Fsp3) is 0.231. The first-order chi connectivity index (χ1) is 8.69. The first kappa shape index (κ1) is 13.7. The minimum absolute atomic E-state index is 0.542. The highest BCUT2D eigenvalue weighted by atomic mass is 79.9. The molecule has 0 N–H and O–H groups in total. The number of ether oxygens (including phenoxy) is 2. The van der Waals surface area contributed by atoms with E-state index in [1.54, 1.807) is 7.11 Å². The summed E-state index contributed by atoms with van der Waals surface area (Å²) < 4.78 is 11.9. The topological polar surface area (TPSA) is 18.5 Å². The van der Waals surface area contributed by atoms with E-state index in [4.69, 9.17) is 21.1 Å². The molecule has 2 nitrogen and oxygen atoms in total. The second-order valence-electron chi connectivity index (χ2n) is 4.04. The van der Waals surface area contributed by atoms with Crippen molar-refractivity contribution in [2.75, 3.05) is 13.7 Å². The molecule has 0 bridgehead atoms. The van der Waals surface area contributed by atoms with Crippen LogP contribution in [-0.2, 0) is 11.3 Å². The molecular weight excluding hydrogens is 314 g/mol. The summed E-state index contributed by atoms with van der Waals surface area (Å²) in [6, 6.07) is 7.85. The Hall–Kier alpha value is -0.705. The lowest BCUT2D eigenvalue weighted by Gasteiger charge is -2.06. The maximum absolute atomic E-state index is 6.10. The molecule has 1 aromatic rings. The average molecular weight is 327 g/mol. The Kier molecular flexibility index (Phi) is 4.92. The third-order valence-electron chi connectivity index (χ3n) is 2.69. The van der Waals surface area contributed by atoms with Gasteiger partial charge in [-0.25, -0.2) is 0 Å². The van der Waals surface area contributed by atoms with Gasteiger partial charge in [0.05, 0.1) is 20.3 Å². The van der Waals surface area contributed by atoms with Gasteiger partial charge in [0.1, 0.15) is 5.75 Å². The summed E-state index contributed by atoms with van der Waals surface area (Å²) in [7, 11) is 2.44. The van der Waals surface area contributed by atoms with Crippen LogP contribution < -0.4 is 4.74 Å². The summed E-state index contributed by atoms with van der Waals surface area (Å²) in [5.41, 5.74) is 2.17. The van der Waals surface area contributed by atoms with E-state index in [2.05, 4.69) is 15.9 Å². The number of halogens is 2. The summed E-state index contributed by atoms with van der Waals surface area (Å²) in [5.74, 6) is 0.854. The van der Waals surface area contributed by atoms with E-state index in [9.17, 15) is 0 Å². The van der Waals surface area contributed by atoms with Crippen LogP contribution in [0.25, 0.3) is 0 Å². The Bertz CT molecular complexity index is 482. The molecule has 0 fully saturated rings. The first-order valence-corrected chi connectivity index (χ1v) is 6.80. The van der Waals surface area contributed by atoms with Gasteiger partial charge >= 0.3 is 0 Å². The van der Waals surface area contributed by atoms with E-state index in [-0.39, 0.29) is 0 Å². The van der Waals surface area contributed by atoms with Gasteiger partial charge in [-0.3, -0.25) is 0 Å². The monoisotopic (exact) mass is 326 g/mol. The van der Waals surface area contributed by atoms with Crippen molar-refractivity contribution in [3.63, 3.8) is 0 Å². The summed E-state index contributed by atoms with van der Waals surface area (Å²) in [6.07, 6.45) is 2.02. The summed E-state index contributed by atoms with van der Waals surface area (Å²) in [6.45, 7) is 1.11. The Morgan fingerprint density at radius 3 is 2.50 bits per heavy atom. The zero-order chi connectivity index (χ0) is 13.0. The van der Waals surface area contributed by atoms with Crippen LogP contribution in [0.1, 0.15) is 5.56 Å². The molecule has 1 heterocycles. The molecule has 2 rings (SSSR count). The van der Waals surface area contributed by atoms with Crippen LogP contribution in [-0.4, -0.2) is 21.0 Å². The van der Waals surface area contributed by atoms with Gasteiger partial charge in [0, 0.05) is 0 Å². The lowest BCUT2D eigenvalue weighted by molar-refractivity contribution is 0.144. The number of hydrogen-bond acceptors (Lipinski definition) is 2. The maximum atomic E-state index is 6.10. The minimum atomic E-state index is 0.542. The predicted molar refractivity (Wildman–Crippen MR) is 79.7 cm³/mol. The molecular formula is C13H13BBrClO2. The van der Waals surface area contributed by atoms with Gasteiger partial charge in [-0.15, -0.1) is 0 Å². The average Bonchev–Trinajstić information content (AvgIpc) is 2.69. The van der Waals surface area contributed by atoms with Crippen molar-refractivity contribution in [3.8, 4) is 5.75 Å². The predicted octanol–water partition coefficient (Wildman–Crippen LogP) is 3.35. The fourth-order valence-electron chi connectivity index (χ4n) is 1.70. The first-order valence-electron chi connectivity index (χ1n) is 5.63. The fourth-order valence-corrected chi connectivity index (χ4v) is 2.67. The standard InChI is InChI=1S/C13H13BBrClO2/c1-17-11-4-2-9(3-5-11)7-18-8-10-6-12(15)14-13(10)16/h2-6,14H,7-8H2,1H3. The highest BCUT2D eigenvalue weighted by Crippen LogP contribution is 2.25. The van der Waals surface area contributed by atoms with Gasteiger partial charge in [0.15, 0.2) is 0 Å². The highest BCUT2D eigenvalue weighted by molar-refractivity contribution is 9.12. The van der Waals surface area contributed by atoms with Crippen molar-refractivity contribution in [1.29, 1.82) is 0 Å². The van der Waals surface area contributed by atoms with Gasteiger partial charge < -0.3 is 9.47 Å². The molecule has 0 saturated carbocycles. The lowest BCUT2D eigenvalue weighted by Crippen LogP contribution is -1.98. The Morgan fingerprint density at radius 2 is 1.94 bits per heavy atom. The third kappa shape index (κ3) is 3.64. The summed E-state index contributed by atoms with van der Waals surface area (Å²) in [5, 5.41) is 0. The van der Waals surface area contributed by atoms with Crippen molar-refractivity contribution >= 4 is 34.8 Å². The normalized spacial score (nSPS) is 14.5. The molecule has 0 spiro atoms. The SMILES string of the molecule is COc1ccc(COCC2=C(Cl)BC(Br)=C2)cc1. The van der Waals surface area contributed by atoms with Gasteiger partial charge in [-0.05, 0) is 32.6 Å². The molecule has 18 heavy (non-hydrogen) atoms. The minimum Gasteiger partial charge on any atom is -0.497 e. The molecule has 1 aromatic carbocycles. The Labute approximate surface area is 121 Å². The van der Waals surface area contributed by atoms with Crippen LogP contribution in [0.15, 0.2) is 45.2 Å². The number of methoxy groups -OCH3 is 1. The molecule has 0 saturated heterocycles. The van der Waals surface area contributed by atoms with Gasteiger partial charge in [0.2, 0.25) is 7.28 Å². The zero-order valence-corrected chi connectivity index (χ0v) is 12.4. The van der Waals surface area contributed by atoms with Gasteiger partial charge in [-0.2, -0.15) is 0 Å². The van der Waals surface area contributed by atoms with E-state index in [0.717, 1.165) is 33.5 Å². The zero-order valence-electron chi connectivity index (χ0n) is 10.1. The molecule has 0 unspecified atom stereocenters. The van der Waals surface area contributed by atoms with E-state index in [0.29, 0.717) is 13.2 Å². The highest BCUT2D eigenvalue weighted by Gasteiger charge is 2.13. The molecule has 94 valence electrons. The molecule has 0 radical (unpaired) electrons.